The Morgan fingerprint density at radius 3 is 2.77 bits per heavy atom. The molecule has 0 aromatic heterocycles. The van der Waals surface area contributed by atoms with Crippen molar-refractivity contribution in [2.45, 2.75) is 4.90 Å². The number of hydrogen-bond acceptors (Lipinski definition) is 4. The van der Waals surface area contributed by atoms with Gasteiger partial charge in [0.1, 0.15) is 10.4 Å². The number of fused-ring (bicyclic) bond motifs is 2. The summed E-state index contributed by atoms with van der Waals surface area (Å²) in [7, 11) is -1.91. The summed E-state index contributed by atoms with van der Waals surface area (Å²) in [6.07, 6.45) is -0.613. The summed E-state index contributed by atoms with van der Waals surface area (Å²) in [6.45, 7) is 0. The highest BCUT2D eigenvalue weighted by atomic mass is 32.3. The lowest BCUT2D eigenvalue weighted by Crippen LogP contribution is -2.26. The lowest BCUT2D eigenvalue weighted by Gasteiger charge is -2.41. The average Bonchev–Trinajstić information content (AvgIpc) is 2.45. The SMILES string of the molecule is O=C1OS2(C=Nc3ccccc32)O1. The fraction of sp³-hybridized carbons (Fsp3) is 0. The van der Waals surface area contributed by atoms with Crippen molar-refractivity contribution >= 4 is 28.0 Å². The van der Waals surface area contributed by atoms with Gasteiger partial charge in [-0.25, -0.2) is 4.99 Å². The van der Waals surface area contributed by atoms with E-state index in [1.54, 1.807) is 5.55 Å². The van der Waals surface area contributed by atoms with Gasteiger partial charge in [-0.2, -0.15) is 4.79 Å². The van der Waals surface area contributed by atoms with E-state index in [2.05, 4.69) is 4.99 Å². The Balaban J connectivity index is 2.13. The van der Waals surface area contributed by atoms with Gasteiger partial charge in [0.15, 0.2) is 0 Å². The molecule has 1 spiro atoms. The van der Waals surface area contributed by atoms with Gasteiger partial charge in [0.05, 0.1) is 5.69 Å². The molecular weight excluding hydrogens is 190 g/mol. The van der Waals surface area contributed by atoms with Crippen LogP contribution in [0.25, 0.3) is 0 Å². The number of benzene rings is 1. The summed E-state index contributed by atoms with van der Waals surface area (Å²) in [4.78, 5) is 15.6. The third-order valence-electron chi connectivity index (χ3n) is 1.89. The normalized spacial score (nSPS) is 22.9. The number of nitrogens with zero attached hydrogens (tertiary/aromatic N) is 1. The molecule has 0 N–H and O–H groups in total. The van der Waals surface area contributed by atoms with Crippen LogP contribution in [0, 0.1) is 0 Å². The molecule has 1 fully saturated rings. The van der Waals surface area contributed by atoms with E-state index in [0.717, 1.165) is 10.6 Å². The molecule has 66 valence electrons. The van der Waals surface area contributed by atoms with E-state index in [1.807, 2.05) is 24.3 Å². The molecule has 2 aliphatic rings. The number of aliphatic imine (C=N–C) groups is 1. The molecule has 4 nitrogen and oxygen atoms in total. The molecule has 0 radical (unpaired) electrons. The van der Waals surface area contributed by atoms with Gasteiger partial charge in [0, 0.05) is 0 Å². The van der Waals surface area contributed by atoms with Crippen LogP contribution in [-0.2, 0) is 8.37 Å². The van der Waals surface area contributed by atoms with Crippen molar-refractivity contribution in [1.82, 2.24) is 0 Å². The van der Waals surface area contributed by atoms with Crippen LogP contribution < -0.4 is 0 Å². The van der Waals surface area contributed by atoms with Crippen LogP contribution in [0.3, 0.4) is 0 Å². The Kier molecular flexibility index (Phi) is 1.10. The average molecular weight is 195 g/mol. The van der Waals surface area contributed by atoms with Gasteiger partial charge < -0.3 is 0 Å². The fourth-order valence-electron chi connectivity index (χ4n) is 1.33. The van der Waals surface area contributed by atoms with Crippen molar-refractivity contribution in [1.29, 1.82) is 0 Å². The van der Waals surface area contributed by atoms with Crippen molar-refractivity contribution in [2.24, 2.45) is 4.99 Å². The number of para-hydroxylation sites is 1. The van der Waals surface area contributed by atoms with Crippen LogP contribution in [0.5, 0.6) is 0 Å². The van der Waals surface area contributed by atoms with E-state index in [4.69, 9.17) is 8.37 Å². The Hall–Kier alpha value is -1.49. The Bertz CT molecular complexity index is 421. The van der Waals surface area contributed by atoms with Gasteiger partial charge in [-0.15, -0.1) is 0 Å². The minimum atomic E-state index is -1.91. The highest BCUT2D eigenvalue weighted by molar-refractivity contribution is 8.38. The van der Waals surface area contributed by atoms with E-state index in [9.17, 15) is 4.79 Å². The molecule has 0 atom stereocenters. The van der Waals surface area contributed by atoms with Crippen molar-refractivity contribution in [3.05, 3.63) is 24.3 Å². The first kappa shape index (κ1) is 6.97. The maximum Gasteiger partial charge on any atom is 0.555 e. The maximum absolute atomic E-state index is 10.6. The van der Waals surface area contributed by atoms with Crippen molar-refractivity contribution in [2.75, 3.05) is 0 Å². The summed E-state index contributed by atoms with van der Waals surface area (Å²) >= 11 is 0. The third kappa shape index (κ3) is 0.767. The van der Waals surface area contributed by atoms with Crippen molar-refractivity contribution in [3.8, 4) is 0 Å². The van der Waals surface area contributed by atoms with Gasteiger partial charge in [0.25, 0.3) is 0 Å². The molecule has 3 rings (SSSR count). The fourth-order valence-corrected chi connectivity index (χ4v) is 3.06. The zero-order valence-corrected chi connectivity index (χ0v) is 7.28. The molecular formula is C8H5NO3S. The van der Waals surface area contributed by atoms with Crippen molar-refractivity contribution in [3.63, 3.8) is 0 Å². The van der Waals surface area contributed by atoms with Gasteiger partial charge in [0.2, 0.25) is 0 Å². The van der Waals surface area contributed by atoms with Crippen LogP contribution >= 0.6 is 10.6 Å². The predicted octanol–water partition coefficient (Wildman–Crippen LogP) is 2.52. The molecule has 2 heterocycles. The summed E-state index contributed by atoms with van der Waals surface area (Å²) < 4.78 is 9.97. The van der Waals surface area contributed by atoms with E-state index >= 15 is 0 Å². The highest BCUT2D eigenvalue weighted by Crippen LogP contribution is 2.68. The number of carbonyl (C=O) groups is 1. The molecule has 0 saturated carbocycles. The molecule has 0 unspecified atom stereocenters. The minimum Gasteiger partial charge on any atom is -0.299 e. The van der Waals surface area contributed by atoms with Gasteiger partial charge >= 0.3 is 6.16 Å². The summed E-state index contributed by atoms with van der Waals surface area (Å²) in [5.74, 6) is 0. The predicted molar refractivity (Wildman–Crippen MR) is 48.0 cm³/mol. The molecule has 2 aliphatic heterocycles. The number of carbonyl (C=O) groups excluding carboxylic acids is 1. The quantitative estimate of drug-likeness (QED) is 0.639. The molecule has 0 bridgehead atoms. The van der Waals surface area contributed by atoms with E-state index < -0.39 is 16.7 Å². The topological polar surface area (TPSA) is 47.9 Å². The first-order chi connectivity index (χ1) is 6.30. The standard InChI is InChI=1S/C8H5NO3S/c10-8-11-13(12-8)5-9-6-3-1-2-4-7(6)13/h1-5H. The maximum atomic E-state index is 10.6. The minimum absolute atomic E-state index is 0.613. The lowest BCUT2D eigenvalue weighted by atomic mass is 10.3. The second-order valence-electron chi connectivity index (χ2n) is 2.66. The van der Waals surface area contributed by atoms with Gasteiger partial charge in [-0.05, 0) is 22.7 Å². The Morgan fingerprint density at radius 2 is 2.00 bits per heavy atom. The molecule has 1 saturated heterocycles. The summed E-state index contributed by atoms with van der Waals surface area (Å²) in [6, 6.07) is 7.49. The zero-order chi connectivity index (χ0) is 8.89. The van der Waals surface area contributed by atoms with Crippen LogP contribution in [-0.4, -0.2) is 11.7 Å². The molecule has 5 heteroatoms. The largest absolute Gasteiger partial charge is 0.555 e. The highest BCUT2D eigenvalue weighted by Gasteiger charge is 2.45. The van der Waals surface area contributed by atoms with Crippen LogP contribution in [0.1, 0.15) is 0 Å². The van der Waals surface area contributed by atoms with Gasteiger partial charge in [-0.3, -0.25) is 8.37 Å². The van der Waals surface area contributed by atoms with Crippen molar-refractivity contribution < 1.29 is 13.2 Å². The lowest BCUT2D eigenvalue weighted by molar-refractivity contribution is 0.125. The molecule has 1 aromatic rings. The van der Waals surface area contributed by atoms with Crippen LogP contribution in [0.4, 0.5) is 10.5 Å². The van der Waals surface area contributed by atoms with E-state index in [1.165, 1.54) is 0 Å². The third-order valence-corrected chi connectivity index (χ3v) is 3.99. The van der Waals surface area contributed by atoms with Gasteiger partial charge in [-0.1, -0.05) is 12.1 Å². The summed E-state index contributed by atoms with van der Waals surface area (Å²) in [5.41, 5.74) is 2.41. The zero-order valence-electron chi connectivity index (χ0n) is 6.47. The smallest absolute Gasteiger partial charge is 0.299 e. The Morgan fingerprint density at radius 1 is 1.23 bits per heavy atom. The second kappa shape index (κ2) is 2.05. The number of hydrogen-bond donors (Lipinski definition) is 0. The number of rotatable bonds is 0. The first-order valence-corrected chi connectivity index (χ1v) is 5.24. The van der Waals surface area contributed by atoms with Crippen LogP contribution in [0.2, 0.25) is 0 Å². The van der Waals surface area contributed by atoms with E-state index in [-0.39, 0.29) is 0 Å². The van der Waals surface area contributed by atoms with Crippen LogP contribution in [0.15, 0.2) is 34.2 Å². The molecule has 0 amide bonds. The first-order valence-electron chi connectivity index (χ1n) is 3.69. The second-order valence-corrected chi connectivity index (χ2v) is 4.74. The van der Waals surface area contributed by atoms with E-state index in [0.29, 0.717) is 0 Å². The molecule has 0 aliphatic carbocycles. The summed E-state index contributed by atoms with van der Waals surface area (Å²) in [5, 5.41) is 0. The molecule has 1 aromatic carbocycles. The molecule has 13 heavy (non-hydrogen) atoms. The monoisotopic (exact) mass is 195 g/mol. The Labute approximate surface area is 75.9 Å².